The van der Waals surface area contributed by atoms with E-state index in [9.17, 15) is 14.4 Å². The van der Waals surface area contributed by atoms with E-state index in [-0.39, 0.29) is 24.8 Å². The number of nitrogens with two attached hydrogens (primary N) is 1. The largest absolute Gasteiger partial charge is 0.457 e. The van der Waals surface area contributed by atoms with Crippen molar-refractivity contribution in [3.63, 3.8) is 0 Å². The molecule has 3 N–H and O–H groups in total. The number of ketones is 1. The van der Waals surface area contributed by atoms with Gasteiger partial charge in [0.15, 0.2) is 6.61 Å². The van der Waals surface area contributed by atoms with Crippen molar-refractivity contribution in [2.45, 2.75) is 46.5 Å². The zero-order valence-electron chi connectivity index (χ0n) is 14.6. The van der Waals surface area contributed by atoms with Crippen LogP contribution in [0.2, 0.25) is 0 Å². The number of urea groups is 1. The maximum Gasteiger partial charge on any atom is 0.312 e. The van der Waals surface area contributed by atoms with Gasteiger partial charge in [0.1, 0.15) is 0 Å². The van der Waals surface area contributed by atoms with Gasteiger partial charge in [0.25, 0.3) is 0 Å². The molecular weight excluding hydrogens is 308 g/mol. The minimum atomic E-state index is -0.547. The molecule has 2 amide bonds. The topological polar surface area (TPSA) is 98.5 Å². The van der Waals surface area contributed by atoms with Crippen LogP contribution in [0, 0.1) is 20.8 Å². The summed E-state index contributed by atoms with van der Waals surface area (Å²) in [6.07, 6.45) is 2.43. The van der Waals surface area contributed by atoms with Crippen LogP contribution in [0.25, 0.3) is 0 Å². The lowest BCUT2D eigenvalue weighted by Crippen LogP contribution is -2.29. The van der Waals surface area contributed by atoms with Crippen LogP contribution in [-0.4, -0.2) is 30.9 Å². The second-order valence-electron chi connectivity index (χ2n) is 5.94. The molecule has 6 heteroatoms. The van der Waals surface area contributed by atoms with Crippen molar-refractivity contribution in [3.05, 3.63) is 34.4 Å². The zero-order valence-corrected chi connectivity index (χ0v) is 14.6. The molecule has 132 valence electrons. The van der Waals surface area contributed by atoms with Crippen molar-refractivity contribution in [1.29, 1.82) is 0 Å². The molecule has 0 radical (unpaired) electrons. The van der Waals surface area contributed by atoms with Gasteiger partial charge in [-0.15, -0.1) is 0 Å². The number of carbonyl (C=O) groups is 3. The summed E-state index contributed by atoms with van der Waals surface area (Å²) in [5.74, 6) is -0.567. The molecule has 0 bridgehead atoms. The van der Waals surface area contributed by atoms with Gasteiger partial charge in [-0.25, -0.2) is 4.79 Å². The molecule has 0 heterocycles. The number of amides is 2. The third kappa shape index (κ3) is 6.81. The molecule has 1 aromatic rings. The van der Waals surface area contributed by atoms with E-state index >= 15 is 0 Å². The van der Waals surface area contributed by atoms with E-state index in [4.69, 9.17) is 10.5 Å². The molecule has 0 saturated heterocycles. The molecule has 1 aromatic carbocycles. The predicted octanol–water partition coefficient (Wildman–Crippen LogP) is 2.57. The highest BCUT2D eigenvalue weighted by Gasteiger charge is 2.13. The lowest BCUT2D eigenvalue weighted by Gasteiger charge is -2.09. The van der Waals surface area contributed by atoms with Gasteiger partial charge in [-0.1, -0.05) is 12.5 Å². The Labute approximate surface area is 142 Å². The molecule has 0 atom stereocenters. The Morgan fingerprint density at radius 1 is 1.00 bits per heavy atom. The summed E-state index contributed by atoms with van der Waals surface area (Å²) >= 11 is 0. The Morgan fingerprint density at radius 3 is 2.33 bits per heavy atom. The normalized spacial score (nSPS) is 10.3. The Balaban J connectivity index is 2.30. The highest BCUT2D eigenvalue weighted by atomic mass is 16.5. The van der Waals surface area contributed by atoms with Crippen molar-refractivity contribution >= 4 is 17.8 Å². The van der Waals surface area contributed by atoms with Crippen LogP contribution >= 0.6 is 0 Å². The van der Waals surface area contributed by atoms with Crippen LogP contribution in [0.4, 0.5) is 4.79 Å². The monoisotopic (exact) mass is 334 g/mol. The van der Waals surface area contributed by atoms with Gasteiger partial charge in [0, 0.05) is 18.5 Å². The maximum atomic E-state index is 12.2. The fourth-order valence-electron chi connectivity index (χ4n) is 2.34. The summed E-state index contributed by atoms with van der Waals surface area (Å²) < 4.78 is 5.05. The first kappa shape index (κ1) is 19.7. The van der Waals surface area contributed by atoms with Gasteiger partial charge in [-0.3, -0.25) is 9.59 Å². The van der Waals surface area contributed by atoms with E-state index in [1.807, 2.05) is 32.9 Å². The molecule has 0 unspecified atom stereocenters. The highest BCUT2D eigenvalue weighted by molar-refractivity contribution is 5.99. The number of rotatable bonds is 9. The number of Topliss-reactive ketones (excluding diaryl/α,β-unsaturated/α-hetero) is 1. The van der Waals surface area contributed by atoms with Crippen LogP contribution in [0.1, 0.15) is 52.7 Å². The van der Waals surface area contributed by atoms with E-state index in [1.54, 1.807) is 0 Å². The summed E-state index contributed by atoms with van der Waals surface area (Å²) in [5.41, 5.74) is 8.61. The highest BCUT2D eigenvalue weighted by Crippen LogP contribution is 2.16. The molecule has 0 saturated carbocycles. The van der Waals surface area contributed by atoms with Gasteiger partial charge >= 0.3 is 12.0 Å². The van der Waals surface area contributed by atoms with Crippen molar-refractivity contribution in [2.75, 3.05) is 13.2 Å². The van der Waals surface area contributed by atoms with Crippen molar-refractivity contribution in [3.8, 4) is 0 Å². The summed E-state index contributed by atoms with van der Waals surface area (Å²) in [7, 11) is 0. The Hall–Kier alpha value is -2.37. The van der Waals surface area contributed by atoms with Crippen LogP contribution in [0.5, 0.6) is 0 Å². The van der Waals surface area contributed by atoms with Crippen molar-refractivity contribution < 1.29 is 19.1 Å². The molecular formula is C18H26N2O4. The molecule has 0 fully saturated rings. The van der Waals surface area contributed by atoms with E-state index in [0.717, 1.165) is 29.5 Å². The van der Waals surface area contributed by atoms with Crippen LogP contribution in [0.3, 0.4) is 0 Å². The maximum absolute atomic E-state index is 12.2. The number of ether oxygens (including phenoxy) is 1. The number of aryl methyl sites for hydroxylation is 3. The van der Waals surface area contributed by atoms with E-state index in [2.05, 4.69) is 5.32 Å². The van der Waals surface area contributed by atoms with Gasteiger partial charge in [0.2, 0.25) is 5.78 Å². The van der Waals surface area contributed by atoms with Gasteiger partial charge < -0.3 is 15.8 Å². The first-order chi connectivity index (χ1) is 11.3. The second kappa shape index (κ2) is 9.70. The molecule has 6 nitrogen and oxygen atoms in total. The Bertz CT molecular complexity index is 611. The fraction of sp³-hybridized carbons (Fsp3) is 0.500. The van der Waals surface area contributed by atoms with E-state index < -0.39 is 6.03 Å². The summed E-state index contributed by atoms with van der Waals surface area (Å²) in [6, 6.07) is 3.26. The number of carbonyl (C=O) groups excluding carboxylic acids is 3. The molecule has 0 aliphatic heterocycles. The Kier molecular flexibility index (Phi) is 7.95. The van der Waals surface area contributed by atoms with Crippen molar-refractivity contribution in [2.24, 2.45) is 5.73 Å². The second-order valence-corrected chi connectivity index (χ2v) is 5.94. The minimum absolute atomic E-state index is 0.186. The van der Waals surface area contributed by atoms with Crippen LogP contribution in [-0.2, 0) is 9.53 Å². The fourth-order valence-corrected chi connectivity index (χ4v) is 2.34. The van der Waals surface area contributed by atoms with Crippen molar-refractivity contribution in [1.82, 2.24) is 5.32 Å². The summed E-state index contributed by atoms with van der Waals surface area (Å²) in [6.45, 7) is 6.09. The van der Waals surface area contributed by atoms with Gasteiger partial charge in [-0.05, 0) is 56.4 Å². The molecule has 0 aromatic heterocycles. The summed E-state index contributed by atoms with van der Waals surface area (Å²) in [5, 5.41) is 2.48. The number of nitrogens with one attached hydrogen (secondary N) is 1. The molecule has 0 aliphatic rings. The number of esters is 1. The molecule has 24 heavy (non-hydrogen) atoms. The lowest BCUT2D eigenvalue weighted by molar-refractivity contribution is -0.142. The number of unbranched alkanes of at least 4 members (excludes halogenated alkanes) is 2. The minimum Gasteiger partial charge on any atom is -0.457 e. The number of benzene rings is 1. The lowest BCUT2D eigenvalue weighted by atomic mass is 9.98. The zero-order chi connectivity index (χ0) is 18.1. The number of primary amides is 1. The van der Waals surface area contributed by atoms with Gasteiger partial charge in [0.05, 0.1) is 0 Å². The molecule has 0 spiro atoms. The quantitative estimate of drug-likeness (QED) is 0.412. The van der Waals surface area contributed by atoms with Gasteiger partial charge in [-0.2, -0.15) is 0 Å². The smallest absolute Gasteiger partial charge is 0.312 e. The van der Waals surface area contributed by atoms with Crippen LogP contribution in [0.15, 0.2) is 12.1 Å². The van der Waals surface area contributed by atoms with Crippen LogP contribution < -0.4 is 11.1 Å². The summed E-state index contributed by atoms with van der Waals surface area (Å²) in [4.78, 5) is 34.3. The molecule has 1 rings (SSSR count). The average molecular weight is 334 g/mol. The third-order valence-corrected chi connectivity index (χ3v) is 3.86. The third-order valence-electron chi connectivity index (χ3n) is 3.86. The number of hydrogen-bond donors (Lipinski definition) is 2. The molecule has 0 aliphatic carbocycles. The first-order valence-electron chi connectivity index (χ1n) is 8.11. The van der Waals surface area contributed by atoms with E-state index in [1.165, 1.54) is 0 Å². The standard InChI is InChI=1S/C18H26N2O4/c1-12-9-14(3)15(10-13(12)2)16(21)11-24-17(22)7-5-4-6-8-20-18(19)23/h9-10H,4-8,11H2,1-3H3,(H3,19,20,23). The SMILES string of the molecule is Cc1cc(C)c(C(=O)COC(=O)CCCCCNC(N)=O)cc1C. The van der Waals surface area contributed by atoms with E-state index in [0.29, 0.717) is 18.5 Å². The average Bonchev–Trinajstić information content (AvgIpc) is 2.51. The Morgan fingerprint density at radius 2 is 1.67 bits per heavy atom. The first-order valence-corrected chi connectivity index (χ1v) is 8.11. The predicted molar refractivity (Wildman–Crippen MR) is 92.0 cm³/mol. The number of hydrogen-bond acceptors (Lipinski definition) is 4.